The molecule has 1 aromatic carbocycles. The minimum atomic E-state index is 0.866. The van der Waals surface area contributed by atoms with Crippen molar-refractivity contribution in [1.82, 2.24) is 4.90 Å². The van der Waals surface area contributed by atoms with Gasteiger partial charge in [0, 0.05) is 19.5 Å². The third-order valence-corrected chi connectivity index (χ3v) is 5.66. The lowest BCUT2D eigenvalue weighted by Crippen LogP contribution is -2.24. The van der Waals surface area contributed by atoms with Crippen LogP contribution in [0.2, 0.25) is 0 Å². The van der Waals surface area contributed by atoms with Gasteiger partial charge in [-0.15, -0.1) is 0 Å². The Balaban J connectivity index is 1.29. The summed E-state index contributed by atoms with van der Waals surface area (Å²) in [7, 11) is 0. The van der Waals surface area contributed by atoms with E-state index in [0.717, 1.165) is 30.6 Å². The summed E-state index contributed by atoms with van der Waals surface area (Å²) in [6, 6.07) is 6.78. The monoisotopic (exact) mass is 284 g/mol. The van der Waals surface area contributed by atoms with E-state index in [0.29, 0.717) is 0 Å². The lowest BCUT2D eigenvalue weighted by Gasteiger charge is -2.19. The van der Waals surface area contributed by atoms with Crippen LogP contribution in [0.25, 0.3) is 0 Å². The summed E-state index contributed by atoms with van der Waals surface area (Å²) < 4.78 is 5.59. The third kappa shape index (κ3) is 2.96. The van der Waals surface area contributed by atoms with Crippen molar-refractivity contribution in [2.45, 2.75) is 38.5 Å². The van der Waals surface area contributed by atoms with Crippen LogP contribution in [-0.2, 0) is 12.8 Å². The van der Waals surface area contributed by atoms with Gasteiger partial charge in [-0.05, 0) is 74.1 Å². The zero-order chi connectivity index (χ0) is 14.1. The lowest BCUT2D eigenvalue weighted by molar-refractivity contribution is 0.293. The third-order valence-electron chi connectivity index (χ3n) is 5.66. The van der Waals surface area contributed by atoms with Crippen molar-refractivity contribution in [2.75, 3.05) is 26.2 Å². The van der Waals surface area contributed by atoms with E-state index in [1.165, 1.54) is 62.9 Å². The summed E-state index contributed by atoms with van der Waals surface area (Å²) in [5, 5.41) is 0. The van der Waals surface area contributed by atoms with Crippen molar-refractivity contribution in [3.05, 3.63) is 35.7 Å². The predicted octanol–water partition coefficient (Wildman–Crippen LogP) is 3.49. The normalized spacial score (nSPS) is 26.2. The van der Waals surface area contributed by atoms with Gasteiger partial charge in [0.1, 0.15) is 5.75 Å². The van der Waals surface area contributed by atoms with Crippen molar-refractivity contribution in [3.63, 3.8) is 0 Å². The molecule has 2 atom stereocenters. The molecule has 0 amide bonds. The van der Waals surface area contributed by atoms with Gasteiger partial charge in [-0.2, -0.15) is 0 Å². The highest BCUT2D eigenvalue weighted by Crippen LogP contribution is 2.35. The SMILES string of the molecule is [CH]1CC[C@@H](C2CCN(CCc3ccc4c(c3)CCO4)C2)C1. The Bertz CT molecular complexity index is 492. The van der Waals surface area contributed by atoms with Crippen molar-refractivity contribution in [3.8, 4) is 5.75 Å². The molecule has 2 fully saturated rings. The quantitative estimate of drug-likeness (QED) is 0.839. The topological polar surface area (TPSA) is 12.5 Å². The Hall–Kier alpha value is -1.02. The number of fused-ring (bicyclic) bond motifs is 1. The molecule has 113 valence electrons. The molecule has 2 nitrogen and oxygen atoms in total. The molecule has 1 aliphatic carbocycles. The number of hydrogen-bond donors (Lipinski definition) is 0. The molecule has 2 aliphatic heterocycles. The van der Waals surface area contributed by atoms with Crippen LogP contribution in [0.5, 0.6) is 5.75 Å². The molecular formula is C19H26NO. The maximum absolute atomic E-state index is 5.59. The molecule has 1 saturated heterocycles. The van der Waals surface area contributed by atoms with Crippen LogP contribution in [0.1, 0.15) is 36.8 Å². The number of benzene rings is 1. The maximum atomic E-state index is 5.59. The van der Waals surface area contributed by atoms with Gasteiger partial charge < -0.3 is 9.64 Å². The van der Waals surface area contributed by atoms with Crippen LogP contribution in [0, 0.1) is 18.3 Å². The minimum Gasteiger partial charge on any atom is -0.493 e. The lowest BCUT2D eigenvalue weighted by atomic mass is 9.90. The average Bonchev–Trinajstić information content (AvgIpc) is 3.24. The summed E-state index contributed by atoms with van der Waals surface area (Å²) in [5.74, 6) is 3.07. The first-order valence-corrected chi connectivity index (χ1v) is 8.67. The van der Waals surface area contributed by atoms with E-state index < -0.39 is 0 Å². The van der Waals surface area contributed by atoms with Crippen molar-refractivity contribution in [2.24, 2.45) is 11.8 Å². The van der Waals surface area contributed by atoms with Crippen LogP contribution >= 0.6 is 0 Å². The largest absolute Gasteiger partial charge is 0.493 e. The van der Waals surface area contributed by atoms with Gasteiger partial charge in [0.15, 0.2) is 0 Å². The second-order valence-corrected chi connectivity index (χ2v) is 7.00. The summed E-state index contributed by atoms with van der Waals surface area (Å²) in [6.07, 6.45) is 10.4. The molecule has 1 saturated carbocycles. The Morgan fingerprint density at radius 3 is 3.10 bits per heavy atom. The number of ether oxygens (including phenoxy) is 1. The van der Waals surface area contributed by atoms with Gasteiger partial charge >= 0.3 is 0 Å². The highest BCUT2D eigenvalue weighted by Gasteiger charge is 2.30. The Morgan fingerprint density at radius 2 is 2.19 bits per heavy atom. The number of rotatable bonds is 4. The molecule has 0 N–H and O–H groups in total. The van der Waals surface area contributed by atoms with Crippen molar-refractivity contribution < 1.29 is 4.74 Å². The molecule has 0 bridgehead atoms. The molecule has 2 heteroatoms. The van der Waals surface area contributed by atoms with Gasteiger partial charge in [0.2, 0.25) is 0 Å². The van der Waals surface area contributed by atoms with E-state index in [1.807, 2.05) is 0 Å². The minimum absolute atomic E-state index is 0.866. The maximum Gasteiger partial charge on any atom is 0.122 e. The van der Waals surface area contributed by atoms with Crippen molar-refractivity contribution in [1.29, 1.82) is 0 Å². The first kappa shape index (κ1) is 13.6. The van der Waals surface area contributed by atoms with E-state index in [4.69, 9.17) is 4.74 Å². The van der Waals surface area contributed by atoms with Crippen LogP contribution in [0.15, 0.2) is 18.2 Å². The zero-order valence-corrected chi connectivity index (χ0v) is 12.9. The Kier molecular flexibility index (Phi) is 3.89. The summed E-state index contributed by atoms with van der Waals surface area (Å²) >= 11 is 0. The van der Waals surface area contributed by atoms with Gasteiger partial charge in [-0.25, -0.2) is 0 Å². The molecule has 21 heavy (non-hydrogen) atoms. The van der Waals surface area contributed by atoms with Crippen molar-refractivity contribution >= 4 is 0 Å². The standard InChI is InChI=1S/C19H26NO/c1-2-4-16(3-1)18-8-11-20(14-18)10-7-15-5-6-19-17(13-15)9-12-21-19/h1,5-6,13,16,18H,2-4,7-12,14H2/t16-,18?/m0/s1. The summed E-state index contributed by atoms with van der Waals surface area (Å²) in [5.41, 5.74) is 2.89. The smallest absolute Gasteiger partial charge is 0.122 e. The number of likely N-dealkylation sites (tertiary alicyclic amines) is 1. The zero-order valence-electron chi connectivity index (χ0n) is 12.9. The van der Waals surface area contributed by atoms with Crippen LogP contribution < -0.4 is 4.74 Å². The van der Waals surface area contributed by atoms with Crippen LogP contribution in [0.3, 0.4) is 0 Å². The van der Waals surface area contributed by atoms with Crippen LogP contribution in [0.4, 0.5) is 0 Å². The van der Waals surface area contributed by atoms with E-state index in [1.54, 1.807) is 0 Å². The molecule has 0 aromatic heterocycles. The molecule has 2 heterocycles. The molecule has 1 aromatic rings. The second-order valence-electron chi connectivity index (χ2n) is 7.00. The Labute approximate surface area is 128 Å². The predicted molar refractivity (Wildman–Crippen MR) is 85.5 cm³/mol. The van der Waals surface area contributed by atoms with E-state index >= 15 is 0 Å². The fraction of sp³-hybridized carbons (Fsp3) is 0.632. The average molecular weight is 284 g/mol. The van der Waals surface area contributed by atoms with E-state index in [9.17, 15) is 0 Å². The molecular weight excluding hydrogens is 258 g/mol. The number of nitrogens with zero attached hydrogens (tertiary/aromatic N) is 1. The number of hydrogen-bond acceptors (Lipinski definition) is 2. The second kappa shape index (κ2) is 6.00. The molecule has 1 unspecified atom stereocenters. The first-order chi connectivity index (χ1) is 10.4. The first-order valence-electron chi connectivity index (χ1n) is 8.67. The van der Waals surface area contributed by atoms with Gasteiger partial charge in [0.05, 0.1) is 6.61 Å². The highest BCUT2D eigenvalue weighted by molar-refractivity contribution is 5.39. The molecule has 4 rings (SSSR count). The highest BCUT2D eigenvalue weighted by atomic mass is 16.5. The molecule has 1 radical (unpaired) electrons. The van der Waals surface area contributed by atoms with E-state index in [2.05, 4.69) is 29.5 Å². The molecule has 0 spiro atoms. The van der Waals surface area contributed by atoms with E-state index in [-0.39, 0.29) is 0 Å². The van der Waals surface area contributed by atoms with Gasteiger partial charge in [-0.1, -0.05) is 12.1 Å². The van der Waals surface area contributed by atoms with Crippen LogP contribution in [-0.4, -0.2) is 31.1 Å². The fourth-order valence-corrected chi connectivity index (χ4v) is 4.34. The van der Waals surface area contributed by atoms with Gasteiger partial charge in [-0.3, -0.25) is 0 Å². The fourth-order valence-electron chi connectivity index (χ4n) is 4.34. The van der Waals surface area contributed by atoms with Gasteiger partial charge in [0.25, 0.3) is 0 Å². The summed E-state index contributed by atoms with van der Waals surface area (Å²) in [4.78, 5) is 2.69. The Morgan fingerprint density at radius 1 is 1.19 bits per heavy atom. The summed E-state index contributed by atoms with van der Waals surface area (Å²) in [6.45, 7) is 4.75. The molecule has 3 aliphatic rings.